The summed E-state index contributed by atoms with van der Waals surface area (Å²) in [5, 5.41) is 12.4. The fraction of sp³-hybridized carbons (Fsp3) is 0.435. The predicted molar refractivity (Wildman–Crippen MR) is 134 cm³/mol. The molecule has 1 amide bonds. The number of hydrogen-bond donors (Lipinski definition) is 3. The molecule has 11 nitrogen and oxygen atoms in total. The average Bonchev–Trinajstić information content (AvgIpc) is 3.61. The minimum atomic E-state index is -3.50. The molecule has 1 atom stereocenters. The normalized spacial score (nSPS) is 14.4. The largest absolute Gasteiger partial charge is 0.382 e. The molecule has 14 heteroatoms. The van der Waals surface area contributed by atoms with Gasteiger partial charge in [0.15, 0.2) is 5.82 Å². The minimum absolute atomic E-state index is 0.0389. The van der Waals surface area contributed by atoms with E-state index in [2.05, 4.69) is 36.0 Å². The fourth-order valence-corrected chi connectivity index (χ4v) is 4.83. The van der Waals surface area contributed by atoms with E-state index in [1.165, 1.54) is 24.8 Å². The summed E-state index contributed by atoms with van der Waals surface area (Å²) < 4.78 is 50.7. The van der Waals surface area contributed by atoms with E-state index in [9.17, 15) is 22.0 Å². The maximum absolute atomic E-state index is 12.6. The molecule has 0 bridgehead atoms. The number of aromatic nitrogens is 5. The standard InChI is InChI=1S/C23H28F2N8O3S/c1-3-14(2)30-18-10-21(28-12-17(18)23(34)27-8-6-19(24)25)31-20-7-9-26-22(32-20)15-11-29-33(13-15)37(35,36)16-4-5-16/h7,9-14,16,19H,3-6,8H2,1-2H3,(H,27,34)(H2,26,28,30,31,32)/t14-/m0/s1. The van der Waals surface area contributed by atoms with Crippen LogP contribution in [0.15, 0.2) is 36.9 Å². The lowest BCUT2D eigenvalue weighted by Crippen LogP contribution is -2.27. The summed E-state index contributed by atoms with van der Waals surface area (Å²) in [5.41, 5.74) is 1.16. The molecule has 0 saturated heterocycles. The molecular formula is C23H28F2N8O3S. The van der Waals surface area contributed by atoms with Crippen molar-refractivity contribution in [2.45, 2.75) is 57.2 Å². The van der Waals surface area contributed by atoms with Gasteiger partial charge in [-0.3, -0.25) is 4.79 Å². The van der Waals surface area contributed by atoms with Gasteiger partial charge in [-0.2, -0.15) is 9.19 Å². The number of pyridine rings is 1. The van der Waals surface area contributed by atoms with Crippen LogP contribution in [0.1, 0.15) is 49.9 Å². The van der Waals surface area contributed by atoms with E-state index in [4.69, 9.17) is 0 Å². The maximum Gasteiger partial charge on any atom is 0.256 e. The van der Waals surface area contributed by atoms with Crippen molar-refractivity contribution in [2.75, 3.05) is 17.2 Å². The van der Waals surface area contributed by atoms with Crippen LogP contribution in [0.2, 0.25) is 0 Å². The van der Waals surface area contributed by atoms with Crippen LogP contribution < -0.4 is 16.0 Å². The fourth-order valence-electron chi connectivity index (χ4n) is 3.36. The lowest BCUT2D eigenvalue weighted by atomic mass is 10.1. The van der Waals surface area contributed by atoms with Gasteiger partial charge < -0.3 is 16.0 Å². The number of nitrogens with one attached hydrogen (secondary N) is 3. The molecule has 3 aromatic heterocycles. The molecule has 0 aromatic carbocycles. The van der Waals surface area contributed by atoms with Gasteiger partial charge >= 0.3 is 0 Å². The van der Waals surface area contributed by atoms with Crippen molar-refractivity contribution in [1.82, 2.24) is 29.5 Å². The molecule has 1 aliphatic rings. The molecule has 0 unspecified atom stereocenters. The van der Waals surface area contributed by atoms with E-state index >= 15 is 0 Å². The van der Waals surface area contributed by atoms with Gasteiger partial charge in [0.05, 0.1) is 34.5 Å². The number of hydrogen-bond acceptors (Lipinski definition) is 9. The summed E-state index contributed by atoms with van der Waals surface area (Å²) in [6.07, 6.45) is 4.77. The van der Waals surface area contributed by atoms with Crippen molar-refractivity contribution >= 4 is 33.3 Å². The van der Waals surface area contributed by atoms with Gasteiger partial charge in [-0.05, 0) is 32.3 Å². The summed E-state index contributed by atoms with van der Waals surface area (Å²) in [6, 6.07) is 3.29. The number of rotatable bonds is 12. The highest BCUT2D eigenvalue weighted by Crippen LogP contribution is 2.30. The molecule has 0 radical (unpaired) electrons. The Morgan fingerprint density at radius 3 is 2.70 bits per heavy atom. The smallest absolute Gasteiger partial charge is 0.256 e. The molecule has 3 aromatic rings. The SMILES string of the molecule is CC[C@H](C)Nc1cc(Nc2ccnc(-c3cnn(S(=O)(=O)C4CC4)c3)n2)ncc1C(=O)NCCC(F)F. The van der Waals surface area contributed by atoms with Crippen LogP contribution >= 0.6 is 0 Å². The van der Waals surface area contributed by atoms with Crippen molar-refractivity contribution < 1.29 is 22.0 Å². The zero-order valence-corrected chi connectivity index (χ0v) is 21.2. The molecule has 37 heavy (non-hydrogen) atoms. The summed E-state index contributed by atoms with van der Waals surface area (Å²) in [6.45, 7) is 3.79. The van der Waals surface area contributed by atoms with Gasteiger partial charge in [-0.1, -0.05) is 6.92 Å². The van der Waals surface area contributed by atoms with Crippen LogP contribution in [-0.2, 0) is 10.0 Å². The van der Waals surface area contributed by atoms with Crippen LogP contribution in [0, 0.1) is 0 Å². The van der Waals surface area contributed by atoms with Gasteiger partial charge in [0.2, 0.25) is 6.43 Å². The second-order valence-electron chi connectivity index (χ2n) is 8.74. The number of carbonyl (C=O) groups excluding carboxylic acids is 1. The van der Waals surface area contributed by atoms with Crippen LogP contribution in [0.4, 0.5) is 26.1 Å². The first-order chi connectivity index (χ1) is 17.7. The van der Waals surface area contributed by atoms with Crippen molar-refractivity contribution in [3.63, 3.8) is 0 Å². The average molecular weight is 535 g/mol. The highest BCUT2D eigenvalue weighted by molar-refractivity contribution is 7.90. The van der Waals surface area contributed by atoms with Crippen LogP contribution in [0.3, 0.4) is 0 Å². The molecular weight excluding hydrogens is 506 g/mol. The first-order valence-corrected chi connectivity index (χ1v) is 13.4. The molecule has 0 aliphatic heterocycles. The summed E-state index contributed by atoms with van der Waals surface area (Å²) in [4.78, 5) is 25.5. The quantitative estimate of drug-likeness (QED) is 0.318. The first-order valence-electron chi connectivity index (χ1n) is 11.9. The molecule has 3 heterocycles. The predicted octanol–water partition coefficient (Wildman–Crippen LogP) is 3.41. The van der Waals surface area contributed by atoms with Crippen LogP contribution in [0.5, 0.6) is 0 Å². The zero-order chi connectivity index (χ0) is 26.6. The third-order valence-corrected chi connectivity index (χ3v) is 7.78. The van der Waals surface area contributed by atoms with E-state index in [1.807, 2.05) is 13.8 Å². The van der Waals surface area contributed by atoms with E-state index in [0.29, 0.717) is 35.7 Å². The molecule has 1 aliphatic carbocycles. The van der Waals surface area contributed by atoms with Gasteiger partial charge in [-0.15, -0.1) is 0 Å². The Morgan fingerprint density at radius 1 is 1.22 bits per heavy atom. The van der Waals surface area contributed by atoms with Crippen LogP contribution in [-0.4, -0.2) is 62.7 Å². The summed E-state index contributed by atoms with van der Waals surface area (Å²) in [7, 11) is -3.50. The Hall–Kier alpha value is -3.68. The van der Waals surface area contributed by atoms with Gasteiger partial charge in [-0.25, -0.2) is 32.2 Å². The molecule has 198 valence electrons. The Labute approximate surface area is 213 Å². The Balaban J connectivity index is 1.53. The zero-order valence-electron chi connectivity index (χ0n) is 20.4. The third kappa shape index (κ3) is 6.56. The molecule has 1 fully saturated rings. The minimum Gasteiger partial charge on any atom is -0.382 e. The second kappa shape index (κ2) is 11.2. The lowest BCUT2D eigenvalue weighted by Gasteiger charge is -2.17. The Morgan fingerprint density at radius 2 is 2.00 bits per heavy atom. The van der Waals surface area contributed by atoms with Crippen molar-refractivity contribution in [3.8, 4) is 11.4 Å². The van der Waals surface area contributed by atoms with Crippen LogP contribution in [0.25, 0.3) is 11.4 Å². The lowest BCUT2D eigenvalue weighted by molar-refractivity contribution is 0.0934. The number of anilines is 3. The Bertz CT molecular complexity index is 1360. The van der Waals surface area contributed by atoms with Gasteiger partial charge in [0.1, 0.15) is 11.6 Å². The molecule has 4 rings (SSSR count). The molecule has 3 N–H and O–H groups in total. The first kappa shape index (κ1) is 26.4. The highest BCUT2D eigenvalue weighted by Gasteiger charge is 2.37. The van der Waals surface area contributed by atoms with Crippen molar-refractivity contribution in [2.24, 2.45) is 0 Å². The summed E-state index contributed by atoms with van der Waals surface area (Å²) >= 11 is 0. The highest BCUT2D eigenvalue weighted by atomic mass is 32.2. The summed E-state index contributed by atoms with van der Waals surface area (Å²) in [5.74, 6) is 0.536. The number of amides is 1. The molecule has 0 spiro atoms. The number of nitrogens with zero attached hydrogens (tertiary/aromatic N) is 5. The topological polar surface area (TPSA) is 144 Å². The van der Waals surface area contributed by atoms with E-state index in [1.54, 1.807) is 12.1 Å². The molecule has 1 saturated carbocycles. The second-order valence-corrected chi connectivity index (χ2v) is 10.8. The van der Waals surface area contributed by atoms with Gasteiger partial charge in [0.25, 0.3) is 15.9 Å². The monoisotopic (exact) mass is 534 g/mol. The van der Waals surface area contributed by atoms with E-state index in [0.717, 1.165) is 10.5 Å². The van der Waals surface area contributed by atoms with Crippen molar-refractivity contribution in [3.05, 3.63) is 42.5 Å². The number of carbonyl (C=O) groups is 1. The van der Waals surface area contributed by atoms with Crippen molar-refractivity contribution in [1.29, 1.82) is 0 Å². The third-order valence-electron chi connectivity index (χ3n) is 5.75. The van der Waals surface area contributed by atoms with E-state index in [-0.39, 0.29) is 24.0 Å². The number of alkyl halides is 2. The van der Waals surface area contributed by atoms with E-state index < -0.39 is 34.0 Å². The maximum atomic E-state index is 12.6. The number of halogens is 2. The Kier molecular flexibility index (Phi) is 7.95. The van der Waals surface area contributed by atoms with Gasteiger partial charge in [0, 0.05) is 37.5 Å².